The van der Waals surface area contributed by atoms with Crippen LogP contribution in [0.25, 0.3) is 11.3 Å². The van der Waals surface area contributed by atoms with Gasteiger partial charge in [-0.05, 0) is 30.3 Å². The number of hydrogen-bond acceptors (Lipinski definition) is 5. The second-order valence-electron chi connectivity index (χ2n) is 9.97. The Morgan fingerprint density at radius 2 is 1.82 bits per heavy atom. The Morgan fingerprint density at radius 1 is 1.13 bits per heavy atom. The Labute approximate surface area is 230 Å². The summed E-state index contributed by atoms with van der Waals surface area (Å²) in [4.78, 5) is 14.0. The number of allylic oxidation sites excluding steroid dienone is 1. The van der Waals surface area contributed by atoms with Gasteiger partial charge in [0.05, 0.1) is 18.2 Å². The van der Waals surface area contributed by atoms with Crippen LogP contribution in [0.15, 0.2) is 88.2 Å². The Bertz CT molecular complexity index is 1340. The average molecular weight is 558 g/mol. The van der Waals surface area contributed by atoms with Gasteiger partial charge < -0.3 is 19.2 Å². The van der Waals surface area contributed by atoms with Crippen LogP contribution in [0.5, 0.6) is 0 Å². The van der Waals surface area contributed by atoms with Crippen LogP contribution < -0.4 is 4.90 Å². The first kappa shape index (κ1) is 28.6. The van der Waals surface area contributed by atoms with Crippen molar-refractivity contribution in [1.29, 1.82) is 0 Å². The molecule has 1 aliphatic carbocycles. The highest BCUT2D eigenvalue weighted by Crippen LogP contribution is 2.38. The summed E-state index contributed by atoms with van der Waals surface area (Å²) in [5.74, 6) is 0.798. The molecule has 0 amide bonds. The molecular formula is C30H30F3NO4S. The van der Waals surface area contributed by atoms with Gasteiger partial charge in [0, 0.05) is 39.9 Å². The maximum absolute atomic E-state index is 13.1. The van der Waals surface area contributed by atoms with Crippen molar-refractivity contribution in [2.75, 3.05) is 18.6 Å². The van der Waals surface area contributed by atoms with Crippen molar-refractivity contribution >= 4 is 23.4 Å². The second kappa shape index (κ2) is 11.8. The predicted molar refractivity (Wildman–Crippen MR) is 147 cm³/mol. The number of hydrogen-bond donors (Lipinski definition) is 1. The highest BCUT2D eigenvalue weighted by molar-refractivity contribution is 8.02. The van der Waals surface area contributed by atoms with E-state index < -0.39 is 23.1 Å². The molecule has 0 fully saturated rings. The van der Waals surface area contributed by atoms with E-state index in [0.717, 1.165) is 34.0 Å². The zero-order valence-corrected chi connectivity index (χ0v) is 22.7. The standard InChI is InChI=1S/C30H30F3NO4S/c1-29(2)16-24(13-14-27(29)37-18-28(35)36)39-19-21-15-25(20-9-11-22(12-10-20)30(31,32)33)38-26(21)17-34(3)23-7-5-4-6-8-23/h4-16,27H,17-19H2,1-3H3,(H,35,36). The molecule has 4 rings (SSSR count). The zero-order chi connectivity index (χ0) is 28.2. The lowest BCUT2D eigenvalue weighted by molar-refractivity contribution is -0.145. The third-order valence-corrected chi connectivity index (χ3v) is 7.48. The molecule has 0 saturated heterocycles. The molecule has 9 heteroatoms. The number of anilines is 1. The molecular weight excluding hydrogens is 527 g/mol. The quantitative estimate of drug-likeness (QED) is 0.275. The molecule has 5 nitrogen and oxygen atoms in total. The molecule has 1 aromatic heterocycles. The minimum absolute atomic E-state index is 0.353. The summed E-state index contributed by atoms with van der Waals surface area (Å²) >= 11 is 1.61. The fourth-order valence-corrected chi connectivity index (χ4v) is 5.42. The number of nitrogens with zero attached hydrogens (tertiary/aromatic N) is 1. The Morgan fingerprint density at radius 3 is 2.44 bits per heavy atom. The SMILES string of the molecule is CN(Cc1oc(-c2ccc(C(F)(F)F)cc2)cc1CSC1=CC(C)(C)C(OCC(=O)O)C=C1)c1ccccc1. The summed E-state index contributed by atoms with van der Waals surface area (Å²) in [6.45, 7) is 4.09. The van der Waals surface area contributed by atoms with Gasteiger partial charge in [-0.2, -0.15) is 13.2 Å². The Kier molecular flexibility index (Phi) is 8.61. The fraction of sp³-hybridized carbons (Fsp3) is 0.300. The van der Waals surface area contributed by atoms with Crippen molar-refractivity contribution < 1.29 is 32.2 Å². The van der Waals surface area contributed by atoms with Gasteiger partial charge in [-0.3, -0.25) is 0 Å². The van der Waals surface area contributed by atoms with E-state index >= 15 is 0 Å². The molecule has 1 aliphatic rings. The summed E-state index contributed by atoms with van der Waals surface area (Å²) in [6.07, 6.45) is 1.11. The monoisotopic (exact) mass is 557 g/mol. The molecule has 0 bridgehead atoms. The molecule has 0 radical (unpaired) electrons. The topological polar surface area (TPSA) is 62.9 Å². The second-order valence-corrected chi connectivity index (χ2v) is 11.0. The van der Waals surface area contributed by atoms with Gasteiger partial charge >= 0.3 is 12.1 Å². The smallest absolute Gasteiger partial charge is 0.416 e. The van der Waals surface area contributed by atoms with Crippen LogP contribution in [0, 0.1) is 5.41 Å². The lowest BCUT2D eigenvalue weighted by Gasteiger charge is -2.32. The van der Waals surface area contributed by atoms with Crippen molar-refractivity contribution in [3.63, 3.8) is 0 Å². The van der Waals surface area contributed by atoms with Crippen LogP contribution in [-0.4, -0.2) is 30.8 Å². The largest absolute Gasteiger partial charge is 0.480 e. The Balaban J connectivity index is 1.56. The maximum atomic E-state index is 13.1. The number of thioether (sulfide) groups is 1. The number of furan rings is 1. The number of aliphatic carboxylic acids is 1. The number of halogens is 3. The Hall–Kier alpha value is -3.43. The minimum atomic E-state index is -4.40. The van der Waals surface area contributed by atoms with Crippen molar-refractivity contribution in [3.8, 4) is 11.3 Å². The molecule has 1 N–H and O–H groups in total. The van der Waals surface area contributed by atoms with E-state index in [-0.39, 0.29) is 12.7 Å². The number of rotatable bonds is 10. The van der Waals surface area contributed by atoms with E-state index in [4.69, 9.17) is 14.3 Å². The molecule has 0 spiro atoms. The van der Waals surface area contributed by atoms with E-state index in [1.54, 1.807) is 11.8 Å². The van der Waals surface area contributed by atoms with Gasteiger partial charge in [0.25, 0.3) is 0 Å². The van der Waals surface area contributed by atoms with E-state index in [2.05, 4.69) is 11.0 Å². The summed E-state index contributed by atoms with van der Waals surface area (Å²) in [7, 11) is 1.96. The van der Waals surface area contributed by atoms with Crippen LogP contribution in [0.3, 0.4) is 0 Å². The van der Waals surface area contributed by atoms with E-state index in [9.17, 15) is 18.0 Å². The molecule has 206 valence electrons. The van der Waals surface area contributed by atoms with Crippen LogP contribution in [0.2, 0.25) is 0 Å². The van der Waals surface area contributed by atoms with Gasteiger partial charge in [-0.1, -0.05) is 62.4 Å². The predicted octanol–water partition coefficient (Wildman–Crippen LogP) is 7.78. The van der Waals surface area contributed by atoms with Crippen molar-refractivity contribution in [2.45, 2.75) is 38.4 Å². The summed E-state index contributed by atoms with van der Waals surface area (Å²) in [5, 5.41) is 8.94. The first-order valence-electron chi connectivity index (χ1n) is 12.3. The number of carbonyl (C=O) groups is 1. The summed E-state index contributed by atoms with van der Waals surface area (Å²) < 4.78 is 50.9. The van der Waals surface area contributed by atoms with Crippen molar-refractivity contribution in [2.24, 2.45) is 5.41 Å². The number of carboxylic acids is 1. The summed E-state index contributed by atoms with van der Waals surface area (Å²) in [5.41, 5.74) is 1.41. The lowest BCUT2D eigenvalue weighted by Crippen LogP contribution is -2.32. The van der Waals surface area contributed by atoms with E-state index in [1.807, 2.05) is 69.4 Å². The third-order valence-electron chi connectivity index (χ3n) is 6.43. The number of carboxylic acid groups (broad SMARTS) is 1. The van der Waals surface area contributed by atoms with Gasteiger partial charge in [0.1, 0.15) is 18.1 Å². The molecule has 0 aliphatic heterocycles. The highest BCUT2D eigenvalue weighted by Gasteiger charge is 2.31. The normalized spacial score (nSPS) is 16.7. The first-order chi connectivity index (χ1) is 18.4. The average Bonchev–Trinajstić information content (AvgIpc) is 3.29. The van der Waals surface area contributed by atoms with Crippen LogP contribution in [0.4, 0.5) is 18.9 Å². The molecule has 1 heterocycles. The van der Waals surface area contributed by atoms with Gasteiger partial charge in [0.15, 0.2) is 0 Å². The van der Waals surface area contributed by atoms with Crippen molar-refractivity contribution in [3.05, 3.63) is 101 Å². The van der Waals surface area contributed by atoms with Crippen LogP contribution in [-0.2, 0) is 28.0 Å². The maximum Gasteiger partial charge on any atom is 0.416 e. The molecule has 3 aromatic rings. The van der Waals surface area contributed by atoms with Gasteiger partial charge in [-0.15, -0.1) is 11.8 Å². The lowest BCUT2D eigenvalue weighted by atomic mass is 9.83. The zero-order valence-electron chi connectivity index (χ0n) is 21.9. The van der Waals surface area contributed by atoms with Crippen molar-refractivity contribution in [1.82, 2.24) is 0 Å². The number of alkyl halides is 3. The molecule has 2 aromatic carbocycles. The molecule has 0 saturated carbocycles. The van der Waals surface area contributed by atoms with Crippen LogP contribution in [0.1, 0.15) is 30.7 Å². The highest BCUT2D eigenvalue weighted by atomic mass is 32.2. The van der Waals surface area contributed by atoms with Gasteiger partial charge in [-0.25, -0.2) is 4.79 Å². The van der Waals surface area contributed by atoms with E-state index in [1.165, 1.54) is 12.1 Å². The van der Waals surface area contributed by atoms with Crippen LogP contribution >= 0.6 is 11.8 Å². The molecule has 1 atom stereocenters. The fourth-order valence-electron chi connectivity index (χ4n) is 4.29. The minimum Gasteiger partial charge on any atom is -0.480 e. The van der Waals surface area contributed by atoms with Gasteiger partial charge in [0.2, 0.25) is 0 Å². The molecule has 1 unspecified atom stereocenters. The summed E-state index contributed by atoms with van der Waals surface area (Å²) in [6, 6.07) is 16.7. The number of benzene rings is 2. The third kappa shape index (κ3) is 7.36. The number of para-hydroxylation sites is 1. The molecule has 39 heavy (non-hydrogen) atoms. The van der Waals surface area contributed by atoms with E-state index in [0.29, 0.717) is 23.6 Å². The number of ether oxygens (including phenoxy) is 1. The first-order valence-corrected chi connectivity index (χ1v) is 13.3.